The molecule has 0 spiro atoms. The predicted molar refractivity (Wildman–Crippen MR) is 57.4 cm³/mol. The number of hydrogen-bond acceptors (Lipinski definition) is 0. The van der Waals surface area contributed by atoms with Gasteiger partial charge in [0.1, 0.15) is 0 Å². The van der Waals surface area contributed by atoms with Crippen molar-refractivity contribution in [3.8, 4) is 0 Å². The van der Waals surface area contributed by atoms with Crippen molar-refractivity contribution >= 4 is 0 Å². The predicted octanol–water partition coefficient (Wildman–Crippen LogP) is 3.80. The first-order valence-electron chi connectivity index (χ1n) is 5.60. The zero-order valence-corrected chi connectivity index (χ0v) is 8.74. The normalized spacial score (nSPS) is 44.2. The molecule has 0 heterocycles. The van der Waals surface area contributed by atoms with Crippen molar-refractivity contribution in [1.29, 1.82) is 0 Å². The SMILES string of the molecule is C/C=C/C1CC2CC1CC2/C=C/C. The summed E-state index contributed by atoms with van der Waals surface area (Å²) in [6.45, 7) is 4.30. The molecule has 0 aromatic carbocycles. The Hall–Kier alpha value is -0.520. The standard InChI is InChI=1S/C13H20/c1-3-5-10-7-13-9-12(10)8-11(13)6-4-2/h3-6,10-13H,7-9H2,1-2H3/b5-3+,6-4+. The second-order valence-corrected chi connectivity index (χ2v) is 4.61. The summed E-state index contributed by atoms with van der Waals surface area (Å²) in [7, 11) is 0. The van der Waals surface area contributed by atoms with Gasteiger partial charge in [-0.3, -0.25) is 0 Å². The molecule has 0 aromatic rings. The minimum Gasteiger partial charge on any atom is -0.0914 e. The fourth-order valence-corrected chi connectivity index (χ4v) is 3.33. The van der Waals surface area contributed by atoms with Crippen molar-refractivity contribution in [2.24, 2.45) is 23.7 Å². The maximum atomic E-state index is 2.43. The first-order chi connectivity index (χ1) is 6.35. The summed E-state index contributed by atoms with van der Waals surface area (Å²) in [6.07, 6.45) is 13.7. The minimum atomic E-state index is 0.913. The highest BCUT2D eigenvalue weighted by molar-refractivity contribution is 5.07. The third-order valence-corrected chi connectivity index (χ3v) is 3.85. The van der Waals surface area contributed by atoms with Crippen LogP contribution in [0, 0.1) is 23.7 Å². The van der Waals surface area contributed by atoms with E-state index in [2.05, 4.69) is 38.2 Å². The Morgan fingerprint density at radius 3 is 1.54 bits per heavy atom. The first-order valence-corrected chi connectivity index (χ1v) is 5.60. The third-order valence-electron chi connectivity index (χ3n) is 3.85. The van der Waals surface area contributed by atoms with E-state index in [9.17, 15) is 0 Å². The first kappa shape index (κ1) is 9.05. The van der Waals surface area contributed by atoms with Crippen molar-refractivity contribution in [2.75, 3.05) is 0 Å². The maximum Gasteiger partial charge on any atom is -0.0202 e. The quantitative estimate of drug-likeness (QED) is 0.561. The van der Waals surface area contributed by atoms with E-state index in [-0.39, 0.29) is 0 Å². The highest BCUT2D eigenvalue weighted by Crippen LogP contribution is 2.52. The molecule has 2 fully saturated rings. The van der Waals surface area contributed by atoms with Crippen LogP contribution in [0.25, 0.3) is 0 Å². The Labute approximate surface area is 81.7 Å². The molecule has 2 bridgehead atoms. The molecule has 2 saturated carbocycles. The van der Waals surface area contributed by atoms with Gasteiger partial charge < -0.3 is 0 Å². The van der Waals surface area contributed by atoms with E-state index < -0.39 is 0 Å². The molecular weight excluding hydrogens is 156 g/mol. The topological polar surface area (TPSA) is 0 Å². The average Bonchev–Trinajstić information content (AvgIpc) is 2.65. The summed E-state index contributed by atoms with van der Waals surface area (Å²) in [6, 6.07) is 0. The van der Waals surface area contributed by atoms with Gasteiger partial charge in [-0.1, -0.05) is 24.3 Å². The molecule has 4 atom stereocenters. The zero-order valence-electron chi connectivity index (χ0n) is 8.74. The van der Waals surface area contributed by atoms with Gasteiger partial charge in [0.2, 0.25) is 0 Å². The van der Waals surface area contributed by atoms with Crippen LogP contribution >= 0.6 is 0 Å². The molecule has 2 aliphatic carbocycles. The van der Waals surface area contributed by atoms with E-state index in [0.29, 0.717) is 0 Å². The summed E-state index contributed by atoms with van der Waals surface area (Å²) in [4.78, 5) is 0. The highest BCUT2D eigenvalue weighted by Gasteiger charge is 2.43. The van der Waals surface area contributed by atoms with Gasteiger partial charge in [0.25, 0.3) is 0 Å². The molecule has 0 saturated heterocycles. The Morgan fingerprint density at radius 1 is 0.769 bits per heavy atom. The Morgan fingerprint density at radius 2 is 1.23 bits per heavy atom. The van der Waals surface area contributed by atoms with E-state index in [4.69, 9.17) is 0 Å². The molecule has 2 aliphatic rings. The van der Waals surface area contributed by atoms with Crippen LogP contribution < -0.4 is 0 Å². The van der Waals surface area contributed by atoms with Gasteiger partial charge >= 0.3 is 0 Å². The van der Waals surface area contributed by atoms with Crippen LogP contribution in [0.15, 0.2) is 24.3 Å². The van der Waals surface area contributed by atoms with Gasteiger partial charge in [-0.05, 0) is 56.8 Å². The van der Waals surface area contributed by atoms with Gasteiger partial charge in [-0.25, -0.2) is 0 Å². The fourth-order valence-electron chi connectivity index (χ4n) is 3.33. The van der Waals surface area contributed by atoms with Crippen LogP contribution in [0.5, 0.6) is 0 Å². The number of hydrogen-bond donors (Lipinski definition) is 0. The number of fused-ring (bicyclic) bond motifs is 2. The molecule has 4 unspecified atom stereocenters. The molecule has 0 N–H and O–H groups in total. The molecule has 0 aliphatic heterocycles. The molecule has 0 radical (unpaired) electrons. The molecule has 0 amide bonds. The lowest BCUT2D eigenvalue weighted by Crippen LogP contribution is -2.14. The Balaban J connectivity index is 1.99. The number of rotatable bonds is 2. The lowest BCUT2D eigenvalue weighted by Gasteiger charge is -2.23. The summed E-state index contributed by atoms with van der Waals surface area (Å²) in [5, 5.41) is 0. The summed E-state index contributed by atoms with van der Waals surface area (Å²) >= 11 is 0. The molecule has 2 rings (SSSR count). The summed E-state index contributed by atoms with van der Waals surface area (Å²) < 4.78 is 0. The molecular formula is C13H20. The molecule has 72 valence electrons. The summed E-state index contributed by atoms with van der Waals surface area (Å²) in [5.74, 6) is 3.83. The maximum absolute atomic E-state index is 2.43. The van der Waals surface area contributed by atoms with Crippen LogP contribution in [0.2, 0.25) is 0 Å². The van der Waals surface area contributed by atoms with Crippen molar-refractivity contribution < 1.29 is 0 Å². The molecule has 0 nitrogen and oxygen atoms in total. The van der Waals surface area contributed by atoms with Crippen molar-refractivity contribution in [3.63, 3.8) is 0 Å². The third kappa shape index (κ3) is 1.59. The van der Waals surface area contributed by atoms with Crippen LogP contribution in [0.1, 0.15) is 33.1 Å². The van der Waals surface area contributed by atoms with Gasteiger partial charge in [0, 0.05) is 0 Å². The Bertz CT molecular complexity index is 200. The van der Waals surface area contributed by atoms with Gasteiger partial charge in [0.05, 0.1) is 0 Å². The highest BCUT2D eigenvalue weighted by atomic mass is 14.5. The monoisotopic (exact) mass is 176 g/mol. The van der Waals surface area contributed by atoms with E-state index in [1.54, 1.807) is 0 Å². The van der Waals surface area contributed by atoms with Gasteiger partial charge in [-0.2, -0.15) is 0 Å². The average molecular weight is 176 g/mol. The van der Waals surface area contributed by atoms with Crippen LogP contribution in [0.3, 0.4) is 0 Å². The molecule has 0 aromatic heterocycles. The van der Waals surface area contributed by atoms with E-state index in [1.807, 2.05) is 0 Å². The van der Waals surface area contributed by atoms with Crippen LogP contribution in [0.4, 0.5) is 0 Å². The van der Waals surface area contributed by atoms with Crippen LogP contribution in [-0.2, 0) is 0 Å². The van der Waals surface area contributed by atoms with E-state index in [1.165, 1.54) is 19.3 Å². The zero-order chi connectivity index (χ0) is 9.26. The second kappa shape index (κ2) is 3.69. The second-order valence-electron chi connectivity index (χ2n) is 4.61. The number of allylic oxidation sites excluding steroid dienone is 4. The minimum absolute atomic E-state index is 0.913. The lowest BCUT2D eigenvalue weighted by molar-refractivity contribution is 0.335. The van der Waals surface area contributed by atoms with Crippen LogP contribution in [-0.4, -0.2) is 0 Å². The van der Waals surface area contributed by atoms with Gasteiger partial charge in [0.15, 0.2) is 0 Å². The van der Waals surface area contributed by atoms with Crippen molar-refractivity contribution in [1.82, 2.24) is 0 Å². The fraction of sp³-hybridized carbons (Fsp3) is 0.692. The van der Waals surface area contributed by atoms with E-state index in [0.717, 1.165) is 23.7 Å². The largest absolute Gasteiger partial charge is 0.0914 e. The van der Waals surface area contributed by atoms with Crippen molar-refractivity contribution in [3.05, 3.63) is 24.3 Å². The summed E-state index contributed by atoms with van der Waals surface area (Å²) in [5.41, 5.74) is 0. The van der Waals surface area contributed by atoms with Gasteiger partial charge in [-0.15, -0.1) is 0 Å². The molecule has 13 heavy (non-hydrogen) atoms. The smallest absolute Gasteiger partial charge is 0.0202 e. The lowest BCUT2D eigenvalue weighted by atomic mass is 9.82. The van der Waals surface area contributed by atoms with E-state index >= 15 is 0 Å². The molecule has 0 heteroatoms. The van der Waals surface area contributed by atoms with Crippen molar-refractivity contribution in [2.45, 2.75) is 33.1 Å². The Kier molecular flexibility index (Phi) is 2.57.